The summed E-state index contributed by atoms with van der Waals surface area (Å²) in [4.78, 5) is 20.0. The number of amides is 1. The monoisotopic (exact) mass is 295 g/mol. The number of nitrogens with zero attached hydrogens (tertiary/aromatic N) is 2. The summed E-state index contributed by atoms with van der Waals surface area (Å²) in [5.74, 6) is 1.49. The van der Waals surface area contributed by atoms with Crippen LogP contribution in [0.2, 0.25) is 0 Å². The van der Waals surface area contributed by atoms with Gasteiger partial charge in [-0.3, -0.25) is 4.79 Å². The van der Waals surface area contributed by atoms with Gasteiger partial charge in [0.1, 0.15) is 11.6 Å². The molecule has 0 aromatic carbocycles. The maximum absolute atomic E-state index is 12.0. The molecule has 1 amide bonds. The van der Waals surface area contributed by atoms with E-state index in [2.05, 4.69) is 22.2 Å². The molecule has 1 aromatic heterocycles. The summed E-state index contributed by atoms with van der Waals surface area (Å²) in [6.07, 6.45) is 4.71. The number of rotatable bonds is 4. The van der Waals surface area contributed by atoms with Crippen LogP contribution in [0.5, 0.6) is 0 Å². The summed E-state index contributed by atoms with van der Waals surface area (Å²) < 4.78 is 0. The van der Waals surface area contributed by atoms with Crippen molar-refractivity contribution in [3.05, 3.63) is 6.07 Å². The minimum absolute atomic E-state index is 0.0124. The number of hydrogen-bond donors (Lipinski definition) is 3. The van der Waals surface area contributed by atoms with Crippen LogP contribution in [-0.2, 0) is 4.79 Å². The third-order valence-corrected chi connectivity index (χ3v) is 4.38. The number of nitrogens with one attached hydrogen (secondary N) is 1. The highest BCUT2D eigenvalue weighted by atomic mass is 32.2. The van der Waals surface area contributed by atoms with E-state index in [1.54, 1.807) is 0 Å². The van der Waals surface area contributed by atoms with E-state index in [1.807, 2.05) is 0 Å². The number of thioether (sulfide) groups is 1. The predicted molar refractivity (Wildman–Crippen MR) is 81.1 cm³/mol. The normalized spacial score (nSPS) is 22.4. The molecule has 1 fully saturated rings. The third kappa shape index (κ3) is 4.26. The minimum atomic E-state index is 0.0124. The first-order chi connectivity index (χ1) is 9.54. The average Bonchev–Trinajstić information content (AvgIpc) is 2.38. The number of nitrogens with two attached hydrogens (primary N) is 2. The maximum atomic E-state index is 12.0. The Hall–Kier alpha value is -1.50. The number of hydrogen-bond acceptors (Lipinski definition) is 6. The van der Waals surface area contributed by atoms with Crippen molar-refractivity contribution in [2.45, 2.75) is 43.8 Å². The molecule has 1 aliphatic rings. The molecular formula is C13H21N5OS. The molecule has 0 saturated heterocycles. The van der Waals surface area contributed by atoms with E-state index in [0.717, 1.165) is 6.42 Å². The average molecular weight is 295 g/mol. The van der Waals surface area contributed by atoms with E-state index in [4.69, 9.17) is 11.5 Å². The van der Waals surface area contributed by atoms with Crippen LogP contribution in [0, 0.1) is 5.92 Å². The fraction of sp³-hybridized carbons (Fsp3) is 0.615. The van der Waals surface area contributed by atoms with Gasteiger partial charge in [0.25, 0.3) is 0 Å². The SMILES string of the molecule is C[C@@H]1CCCC[C@H]1NC(=O)CSc1nc(N)cc(N)n1. The van der Waals surface area contributed by atoms with Crippen LogP contribution in [0.4, 0.5) is 11.6 Å². The number of nitrogen functional groups attached to an aromatic ring is 2. The van der Waals surface area contributed by atoms with E-state index in [1.165, 1.54) is 37.1 Å². The molecule has 0 spiro atoms. The fourth-order valence-electron chi connectivity index (χ4n) is 2.44. The summed E-state index contributed by atoms with van der Waals surface area (Å²) in [6.45, 7) is 2.19. The Morgan fingerprint density at radius 1 is 1.35 bits per heavy atom. The Balaban J connectivity index is 1.82. The molecule has 2 atom stereocenters. The second-order valence-corrected chi connectivity index (χ2v) is 6.17. The molecule has 1 aliphatic carbocycles. The van der Waals surface area contributed by atoms with Crippen LogP contribution in [0.3, 0.4) is 0 Å². The summed E-state index contributed by atoms with van der Waals surface area (Å²) in [7, 11) is 0. The van der Waals surface area contributed by atoms with Gasteiger partial charge in [-0.25, -0.2) is 9.97 Å². The van der Waals surface area contributed by atoms with E-state index < -0.39 is 0 Å². The maximum Gasteiger partial charge on any atom is 0.230 e. The molecular weight excluding hydrogens is 274 g/mol. The molecule has 2 rings (SSSR count). The minimum Gasteiger partial charge on any atom is -0.383 e. The lowest BCUT2D eigenvalue weighted by molar-refractivity contribution is -0.119. The molecule has 1 aromatic rings. The van der Waals surface area contributed by atoms with Gasteiger partial charge >= 0.3 is 0 Å². The molecule has 6 nitrogen and oxygen atoms in total. The topological polar surface area (TPSA) is 107 Å². The second-order valence-electron chi connectivity index (χ2n) is 5.22. The van der Waals surface area contributed by atoms with E-state index in [-0.39, 0.29) is 11.7 Å². The van der Waals surface area contributed by atoms with Crippen molar-refractivity contribution < 1.29 is 4.79 Å². The standard InChI is InChI=1S/C13H21N5OS/c1-8-4-2-3-5-9(8)16-12(19)7-20-13-17-10(14)6-11(15)18-13/h6,8-9H,2-5,7H2,1H3,(H,16,19)(H4,14,15,17,18)/t8-,9-/m1/s1. The molecule has 1 saturated carbocycles. The highest BCUT2D eigenvalue weighted by Gasteiger charge is 2.22. The summed E-state index contributed by atoms with van der Waals surface area (Å²) in [5.41, 5.74) is 11.2. The number of carbonyl (C=O) groups excluding carboxylic acids is 1. The molecule has 0 bridgehead atoms. The zero-order chi connectivity index (χ0) is 14.5. The number of carbonyl (C=O) groups is 1. The first-order valence-electron chi connectivity index (χ1n) is 6.87. The van der Waals surface area contributed by atoms with Crippen LogP contribution >= 0.6 is 11.8 Å². The molecule has 0 unspecified atom stereocenters. The van der Waals surface area contributed by atoms with Crippen molar-refractivity contribution in [1.82, 2.24) is 15.3 Å². The van der Waals surface area contributed by atoms with E-state index in [9.17, 15) is 4.79 Å². The van der Waals surface area contributed by atoms with Crippen LogP contribution in [0.25, 0.3) is 0 Å². The lowest BCUT2D eigenvalue weighted by Gasteiger charge is -2.29. The van der Waals surface area contributed by atoms with E-state index in [0.29, 0.717) is 28.8 Å². The number of anilines is 2. The molecule has 0 aliphatic heterocycles. The van der Waals surface area contributed by atoms with Gasteiger partial charge in [-0.15, -0.1) is 0 Å². The van der Waals surface area contributed by atoms with Crippen LogP contribution in [-0.4, -0.2) is 27.7 Å². The quantitative estimate of drug-likeness (QED) is 0.573. The molecule has 7 heteroatoms. The summed E-state index contributed by atoms with van der Waals surface area (Å²) >= 11 is 1.25. The second kappa shape index (κ2) is 6.78. The largest absolute Gasteiger partial charge is 0.383 e. The predicted octanol–water partition coefficient (Wildman–Crippen LogP) is 1.43. The highest BCUT2D eigenvalue weighted by molar-refractivity contribution is 7.99. The van der Waals surface area contributed by atoms with Crippen LogP contribution < -0.4 is 16.8 Å². The first-order valence-corrected chi connectivity index (χ1v) is 7.85. The van der Waals surface area contributed by atoms with Gasteiger partial charge < -0.3 is 16.8 Å². The lowest BCUT2D eigenvalue weighted by atomic mass is 9.86. The van der Waals surface area contributed by atoms with E-state index >= 15 is 0 Å². The van der Waals surface area contributed by atoms with Crippen LogP contribution in [0.15, 0.2) is 11.2 Å². The smallest absolute Gasteiger partial charge is 0.230 e. The highest BCUT2D eigenvalue weighted by Crippen LogP contribution is 2.24. The van der Waals surface area contributed by atoms with Crippen molar-refractivity contribution in [3.8, 4) is 0 Å². The summed E-state index contributed by atoms with van der Waals surface area (Å²) in [5, 5.41) is 3.53. The fourth-order valence-corrected chi connectivity index (χ4v) is 3.12. The molecule has 0 radical (unpaired) electrons. The van der Waals surface area contributed by atoms with Crippen molar-refractivity contribution in [2.75, 3.05) is 17.2 Å². The van der Waals surface area contributed by atoms with Gasteiger partial charge in [-0.05, 0) is 18.8 Å². The van der Waals surface area contributed by atoms with Crippen molar-refractivity contribution in [2.24, 2.45) is 5.92 Å². The Labute approximate surface area is 123 Å². The third-order valence-electron chi connectivity index (χ3n) is 3.54. The zero-order valence-corrected chi connectivity index (χ0v) is 12.4. The molecule has 20 heavy (non-hydrogen) atoms. The Morgan fingerprint density at radius 3 is 2.65 bits per heavy atom. The van der Waals surface area contributed by atoms with Crippen molar-refractivity contribution in [3.63, 3.8) is 0 Å². The van der Waals surface area contributed by atoms with Crippen molar-refractivity contribution >= 4 is 29.3 Å². The van der Waals surface area contributed by atoms with Crippen LogP contribution in [0.1, 0.15) is 32.6 Å². The Kier molecular flexibility index (Phi) is 5.05. The zero-order valence-electron chi connectivity index (χ0n) is 11.6. The van der Waals surface area contributed by atoms with Gasteiger partial charge in [0.05, 0.1) is 5.75 Å². The molecule has 1 heterocycles. The van der Waals surface area contributed by atoms with Gasteiger partial charge in [0, 0.05) is 12.1 Å². The molecule has 5 N–H and O–H groups in total. The van der Waals surface area contributed by atoms with Crippen molar-refractivity contribution in [1.29, 1.82) is 0 Å². The lowest BCUT2D eigenvalue weighted by Crippen LogP contribution is -2.41. The van der Waals surface area contributed by atoms with Gasteiger partial charge in [0.15, 0.2) is 5.16 Å². The molecule has 110 valence electrons. The Morgan fingerprint density at radius 2 is 2.00 bits per heavy atom. The van der Waals surface area contributed by atoms with Gasteiger partial charge in [-0.1, -0.05) is 31.5 Å². The van der Waals surface area contributed by atoms with Gasteiger partial charge in [0.2, 0.25) is 5.91 Å². The first kappa shape index (κ1) is 14.9. The number of aromatic nitrogens is 2. The Bertz CT molecular complexity index is 462. The van der Waals surface area contributed by atoms with Gasteiger partial charge in [-0.2, -0.15) is 0 Å². The summed E-state index contributed by atoms with van der Waals surface area (Å²) in [6, 6.07) is 1.79.